The Morgan fingerprint density at radius 1 is 1.07 bits per heavy atom. The van der Waals surface area contributed by atoms with Crippen molar-refractivity contribution in [3.05, 3.63) is 60.2 Å². The first-order valence-corrected chi connectivity index (χ1v) is 9.91. The maximum atomic E-state index is 12.6. The highest BCUT2D eigenvalue weighted by molar-refractivity contribution is 7.98. The summed E-state index contributed by atoms with van der Waals surface area (Å²) in [6.45, 7) is 0.0764. The molecule has 0 aliphatic heterocycles. The molecule has 0 aliphatic rings. The van der Waals surface area contributed by atoms with Gasteiger partial charge in [-0.3, -0.25) is 9.59 Å². The van der Waals surface area contributed by atoms with Crippen molar-refractivity contribution in [1.82, 2.24) is 5.32 Å². The fourth-order valence-corrected chi connectivity index (χ4v) is 2.77. The van der Waals surface area contributed by atoms with Crippen LogP contribution in [0.3, 0.4) is 0 Å². The quantitative estimate of drug-likeness (QED) is 0.560. The highest BCUT2D eigenvalue weighted by atomic mass is 32.2. The first-order valence-electron chi connectivity index (χ1n) is 8.68. The van der Waals surface area contributed by atoms with Gasteiger partial charge in [0.15, 0.2) is 0 Å². The zero-order valence-corrected chi connectivity index (χ0v) is 16.3. The number of carbonyl (C=O) groups excluding carboxylic acids is 3. The number of hydrogen-bond acceptors (Lipinski definition) is 5. The summed E-state index contributed by atoms with van der Waals surface area (Å²) in [5, 5.41) is 5.23. The number of benzene rings is 2. The molecule has 0 fully saturated rings. The molecule has 0 radical (unpaired) electrons. The summed E-state index contributed by atoms with van der Waals surface area (Å²) in [5.41, 5.74) is 6.59. The first-order chi connectivity index (χ1) is 13.5. The highest BCUT2D eigenvalue weighted by Gasteiger charge is 2.22. The molecule has 0 heterocycles. The molecule has 0 saturated carbocycles. The smallest absolute Gasteiger partial charge is 0.408 e. The Labute approximate surface area is 168 Å². The molecule has 0 bridgehead atoms. The van der Waals surface area contributed by atoms with E-state index in [1.54, 1.807) is 23.9 Å². The van der Waals surface area contributed by atoms with E-state index in [1.807, 2.05) is 48.7 Å². The third kappa shape index (κ3) is 7.32. The van der Waals surface area contributed by atoms with Crippen molar-refractivity contribution in [2.45, 2.75) is 30.4 Å². The fraction of sp³-hybridized carbons (Fsp3) is 0.250. The Balaban J connectivity index is 1.95. The SMILES string of the molecule is CSc1ccc(NC(=O)[C@H](CCC(N)=O)NC(=O)OCc2ccccc2)cc1. The lowest BCUT2D eigenvalue weighted by atomic mass is 10.1. The van der Waals surface area contributed by atoms with E-state index in [9.17, 15) is 14.4 Å². The van der Waals surface area contributed by atoms with Crippen LogP contribution >= 0.6 is 11.8 Å². The average Bonchev–Trinajstić information content (AvgIpc) is 2.70. The minimum absolute atomic E-state index is 0.0392. The van der Waals surface area contributed by atoms with Crippen LogP contribution in [0, 0.1) is 0 Å². The maximum absolute atomic E-state index is 12.6. The molecule has 0 aromatic heterocycles. The molecule has 8 heteroatoms. The van der Waals surface area contributed by atoms with E-state index in [2.05, 4.69) is 10.6 Å². The maximum Gasteiger partial charge on any atom is 0.408 e. The molecule has 2 aromatic carbocycles. The summed E-state index contributed by atoms with van der Waals surface area (Å²) in [6.07, 6.45) is 1.25. The summed E-state index contributed by atoms with van der Waals surface area (Å²) >= 11 is 1.59. The number of rotatable bonds is 9. The third-order valence-electron chi connectivity index (χ3n) is 3.86. The van der Waals surface area contributed by atoms with Gasteiger partial charge in [-0.15, -0.1) is 11.8 Å². The van der Waals surface area contributed by atoms with Gasteiger partial charge in [-0.1, -0.05) is 30.3 Å². The Morgan fingerprint density at radius 3 is 2.36 bits per heavy atom. The molecular formula is C20H23N3O4S. The van der Waals surface area contributed by atoms with Gasteiger partial charge in [0.05, 0.1) is 0 Å². The van der Waals surface area contributed by atoms with E-state index in [4.69, 9.17) is 10.5 Å². The van der Waals surface area contributed by atoms with Gasteiger partial charge in [-0.25, -0.2) is 4.79 Å². The van der Waals surface area contributed by atoms with Crippen molar-refractivity contribution in [3.8, 4) is 0 Å². The van der Waals surface area contributed by atoms with Crippen LogP contribution in [0.15, 0.2) is 59.5 Å². The van der Waals surface area contributed by atoms with Crippen molar-refractivity contribution in [1.29, 1.82) is 0 Å². The average molecular weight is 401 g/mol. The minimum atomic E-state index is -0.948. The first kappa shape index (κ1) is 21.3. The minimum Gasteiger partial charge on any atom is -0.445 e. The van der Waals surface area contributed by atoms with Gasteiger partial charge in [0.25, 0.3) is 0 Å². The standard InChI is InChI=1S/C20H23N3O4S/c1-28-16-9-7-15(8-10-16)22-19(25)17(11-12-18(21)24)23-20(26)27-13-14-5-3-2-4-6-14/h2-10,17H,11-13H2,1H3,(H2,21,24)(H,22,25)(H,23,26)/t17-/m0/s1. The lowest BCUT2D eigenvalue weighted by molar-refractivity contribution is -0.119. The second kappa shape index (κ2) is 11.0. The predicted octanol–water partition coefficient (Wildman–Crippen LogP) is 2.91. The van der Waals surface area contributed by atoms with Crippen molar-refractivity contribution < 1.29 is 19.1 Å². The number of nitrogens with one attached hydrogen (secondary N) is 2. The molecule has 28 heavy (non-hydrogen) atoms. The van der Waals surface area contributed by atoms with E-state index >= 15 is 0 Å². The van der Waals surface area contributed by atoms with Gasteiger partial charge in [-0.2, -0.15) is 0 Å². The number of hydrogen-bond donors (Lipinski definition) is 3. The number of alkyl carbamates (subject to hydrolysis) is 1. The van der Waals surface area contributed by atoms with Crippen molar-refractivity contribution in [2.24, 2.45) is 5.73 Å². The zero-order chi connectivity index (χ0) is 20.4. The van der Waals surface area contributed by atoms with Crippen molar-refractivity contribution in [2.75, 3.05) is 11.6 Å². The molecule has 3 amide bonds. The Bertz CT molecular complexity index is 797. The summed E-state index contributed by atoms with van der Waals surface area (Å²) < 4.78 is 5.15. The summed E-state index contributed by atoms with van der Waals surface area (Å²) in [6, 6.07) is 15.5. The van der Waals surface area contributed by atoms with Crippen LogP contribution in [0.5, 0.6) is 0 Å². The van der Waals surface area contributed by atoms with Crippen LogP contribution in [0.25, 0.3) is 0 Å². The lowest BCUT2D eigenvalue weighted by Gasteiger charge is -2.18. The van der Waals surface area contributed by atoms with E-state index in [0.29, 0.717) is 5.69 Å². The Kier molecular flexibility index (Phi) is 8.36. The van der Waals surface area contributed by atoms with Crippen LogP contribution in [-0.4, -0.2) is 30.2 Å². The topological polar surface area (TPSA) is 111 Å². The van der Waals surface area contributed by atoms with E-state index in [0.717, 1.165) is 10.5 Å². The van der Waals surface area contributed by atoms with Crippen LogP contribution in [0.4, 0.5) is 10.5 Å². The number of amides is 3. The summed E-state index contributed by atoms with van der Waals surface area (Å²) in [7, 11) is 0. The monoisotopic (exact) mass is 401 g/mol. The summed E-state index contributed by atoms with van der Waals surface area (Å²) in [4.78, 5) is 36.8. The van der Waals surface area contributed by atoms with Gasteiger partial charge in [-0.05, 0) is 42.5 Å². The van der Waals surface area contributed by atoms with Gasteiger partial charge in [0.1, 0.15) is 12.6 Å². The number of anilines is 1. The molecule has 0 spiro atoms. The van der Waals surface area contributed by atoms with Crippen LogP contribution in [0.1, 0.15) is 18.4 Å². The molecule has 0 unspecified atom stereocenters. The predicted molar refractivity (Wildman–Crippen MR) is 109 cm³/mol. The number of thioether (sulfide) groups is 1. The van der Waals surface area contributed by atoms with Crippen LogP contribution in [-0.2, 0) is 20.9 Å². The molecule has 0 aliphatic carbocycles. The zero-order valence-electron chi connectivity index (χ0n) is 15.5. The lowest BCUT2D eigenvalue weighted by Crippen LogP contribution is -2.44. The van der Waals surface area contributed by atoms with E-state index in [1.165, 1.54) is 0 Å². The molecule has 148 valence electrons. The summed E-state index contributed by atoms with van der Waals surface area (Å²) in [5.74, 6) is -1.00. The molecule has 2 rings (SSSR count). The van der Waals surface area contributed by atoms with Crippen molar-refractivity contribution in [3.63, 3.8) is 0 Å². The Morgan fingerprint density at radius 2 is 1.75 bits per heavy atom. The molecule has 2 aromatic rings. The van der Waals surface area contributed by atoms with Gasteiger partial charge in [0, 0.05) is 17.0 Å². The van der Waals surface area contributed by atoms with Crippen LogP contribution < -0.4 is 16.4 Å². The van der Waals surface area contributed by atoms with Crippen molar-refractivity contribution >= 4 is 35.4 Å². The highest BCUT2D eigenvalue weighted by Crippen LogP contribution is 2.17. The van der Waals surface area contributed by atoms with E-state index in [-0.39, 0.29) is 19.4 Å². The number of primary amides is 1. The number of nitrogens with two attached hydrogens (primary N) is 1. The third-order valence-corrected chi connectivity index (χ3v) is 4.60. The van der Waals surface area contributed by atoms with E-state index < -0.39 is 23.9 Å². The van der Waals surface area contributed by atoms with Gasteiger partial charge < -0.3 is 21.1 Å². The largest absolute Gasteiger partial charge is 0.445 e. The van der Waals surface area contributed by atoms with Crippen LogP contribution in [0.2, 0.25) is 0 Å². The van der Waals surface area contributed by atoms with Gasteiger partial charge >= 0.3 is 6.09 Å². The second-order valence-corrected chi connectivity index (χ2v) is 6.86. The second-order valence-electron chi connectivity index (χ2n) is 5.98. The molecule has 4 N–H and O–H groups in total. The molecule has 1 atom stereocenters. The molecular weight excluding hydrogens is 378 g/mol. The van der Waals surface area contributed by atoms with Gasteiger partial charge in [0.2, 0.25) is 11.8 Å². The normalized spacial score (nSPS) is 11.3. The molecule has 0 saturated heterocycles. The molecule has 7 nitrogen and oxygen atoms in total. The fourth-order valence-electron chi connectivity index (χ4n) is 2.37. The Hall–Kier alpha value is -3.00. The number of carbonyl (C=O) groups is 3. The number of ether oxygens (including phenoxy) is 1.